The summed E-state index contributed by atoms with van der Waals surface area (Å²) in [6.45, 7) is 4.51. The first kappa shape index (κ1) is 18.8. The van der Waals surface area contributed by atoms with E-state index < -0.39 is 23.7 Å². The summed E-state index contributed by atoms with van der Waals surface area (Å²) in [5.74, 6) is -0.612. The number of rotatable bonds is 3. The zero-order chi connectivity index (χ0) is 21.0. The lowest BCUT2D eigenvalue weighted by atomic mass is 9.81. The van der Waals surface area contributed by atoms with Crippen LogP contribution in [0.5, 0.6) is 5.75 Å². The van der Waals surface area contributed by atoms with Crippen molar-refractivity contribution >= 4 is 23.4 Å². The molecule has 0 unspecified atom stereocenters. The number of para-hydroxylation sites is 1. The van der Waals surface area contributed by atoms with Crippen LogP contribution >= 0.6 is 11.3 Å². The second kappa shape index (κ2) is 6.66. The Morgan fingerprint density at radius 1 is 1.40 bits per heavy atom. The van der Waals surface area contributed by atoms with Crippen LogP contribution in [0.1, 0.15) is 31.0 Å². The van der Waals surface area contributed by atoms with Gasteiger partial charge < -0.3 is 9.47 Å². The number of ether oxygens (including phenoxy) is 2. The number of hydrogen-bond acceptors (Lipinski definition) is 7. The van der Waals surface area contributed by atoms with Gasteiger partial charge in [-0.25, -0.2) is 4.99 Å². The van der Waals surface area contributed by atoms with Gasteiger partial charge in [-0.1, -0.05) is 29.5 Å². The van der Waals surface area contributed by atoms with Gasteiger partial charge in [-0.3, -0.25) is 18.8 Å². The lowest BCUT2D eigenvalue weighted by Crippen LogP contribution is -2.58. The summed E-state index contributed by atoms with van der Waals surface area (Å²) in [4.78, 5) is 31.4. The van der Waals surface area contributed by atoms with E-state index in [9.17, 15) is 9.59 Å². The Balaban J connectivity index is 1.77. The Kier molecular flexibility index (Phi) is 4.18. The average molecular weight is 424 g/mol. The number of carbonyl (C=O) groups excluding carboxylic acids is 1. The van der Waals surface area contributed by atoms with Gasteiger partial charge in [0.15, 0.2) is 4.80 Å². The molecular weight excluding hydrogens is 404 g/mol. The number of benzene rings is 1. The van der Waals surface area contributed by atoms with Crippen LogP contribution in [-0.4, -0.2) is 33.2 Å². The smallest absolute Gasteiger partial charge is 0.317 e. The van der Waals surface area contributed by atoms with E-state index in [2.05, 4.69) is 5.10 Å². The molecule has 0 radical (unpaired) electrons. The minimum atomic E-state index is -1.16. The molecule has 2 aromatic heterocycles. The van der Waals surface area contributed by atoms with Gasteiger partial charge in [0.05, 0.1) is 23.9 Å². The molecule has 1 aromatic carbocycles. The zero-order valence-electron chi connectivity index (χ0n) is 16.7. The molecule has 4 heterocycles. The van der Waals surface area contributed by atoms with Gasteiger partial charge in [0, 0.05) is 23.9 Å². The molecule has 5 rings (SSSR count). The van der Waals surface area contributed by atoms with Crippen LogP contribution in [0.3, 0.4) is 0 Å². The largest absolute Gasteiger partial charge is 0.469 e. The number of fused-ring (bicyclic) bond motifs is 6. The molecule has 8 nitrogen and oxygen atoms in total. The highest BCUT2D eigenvalue weighted by molar-refractivity contribution is 7.07. The first-order valence-electron chi connectivity index (χ1n) is 9.66. The van der Waals surface area contributed by atoms with E-state index in [-0.39, 0.29) is 5.56 Å². The third kappa shape index (κ3) is 2.65. The number of aryl methyl sites for hydroxylation is 1. The normalized spacial score (nSPS) is 24.4. The van der Waals surface area contributed by atoms with Crippen LogP contribution in [0, 0.1) is 5.92 Å². The Morgan fingerprint density at radius 2 is 2.20 bits per heavy atom. The number of esters is 1. The molecule has 2 bridgehead atoms. The van der Waals surface area contributed by atoms with Gasteiger partial charge in [-0.05, 0) is 26.0 Å². The van der Waals surface area contributed by atoms with Crippen molar-refractivity contribution in [3.05, 3.63) is 67.5 Å². The van der Waals surface area contributed by atoms with Gasteiger partial charge in [0.1, 0.15) is 11.7 Å². The molecule has 3 atom stereocenters. The van der Waals surface area contributed by atoms with E-state index in [0.29, 0.717) is 15.1 Å². The first-order chi connectivity index (χ1) is 14.4. The first-order valence-corrected chi connectivity index (χ1v) is 10.5. The Hall–Kier alpha value is -3.20. The van der Waals surface area contributed by atoms with E-state index in [0.717, 1.165) is 17.7 Å². The minimum absolute atomic E-state index is 0.194. The fourth-order valence-corrected chi connectivity index (χ4v) is 5.31. The van der Waals surface area contributed by atoms with Crippen molar-refractivity contribution in [3.8, 4) is 5.75 Å². The van der Waals surface area contributed by atoms with Crippen molar-refractivity contribution in [3.63, 3.8) is 0 Å². The van der Waals surface area contributed by atoms with E-state index in [1.165, 1.54) is 18.4 Å². The second-order valence-electron chi connectivity index (χ2n) is 7.45. The number of nitrogens with zero attached hydrogens (tertiary/aromatic N) is 4. The van der Waals surface area contributed by atoms with Gasteiger partial charge in [0.2, 0.25) is 5.72 Å². The molecule has 0 amide bonds. The number of carbonyl (C=O) groups is 1. The third-order valence-corrected chi connectivity index (χ3v) is 6.59. The van der Waals surface area contributed by atoms with Crippen molar-refractivity contribution < 1.29 is 14.3 Å². The van der Waals surface area contributed by atoms with Crippen LogP contribution in [0.25, 0.3) is 6.08 Å². The molecule has 0 spiro atoms. The molecule has 154 valence electrons. The van der Waals surface area contributed by atoms with Crippen LogP contribution in [0.4, 0.5) is 0 Å². The monoisotopic (exact) mass is 424 g/mol. The van der Waals surface area contributed by atoms with Gasteiger partial charge in [-0.15, -0.1) is 0 Å². The molecule has 30 heavy (non-hydrogen) atoms. The molecule has 0 saturated carbocycles. The van der Waals surface area contributed by atoms with Crippen LogP contribution in [-0.2, 0) is 16.1 Å². The predicted octanol–water partition coefficient (Wildman–Crippen LogP) is 1.08. The highest BCUT2D eigenvalue weighted by atomic mass is 32.1. The molecule has 0 saturated heterocycles. The Labute approximate surface area is 175 Å². The maximum Gasteiger partial charge on any atom is 0.317 e. The van der Waals surface area contributed by atoms with Crippen molar-refractivity contribution in [2.75, 3.05) is 7.11 Å². The maximum atomic E-state index is 13.4. The van der Waals surface area contributed by atoms with E-state index >= 15 is 0 Å². The van der Waals surface area contributed by atoms with Gasteiger partial charge in [-0.2, -0.15) is 5.10 Å². The molecule has 0 N–H and O–H groups in total. The van der Waals surface area contributed by atoms with Crippen molar-refractivity contribution in [2.24, 2.45) is 10.9 Å². The molecular formula is C21H20N4O4S. The number of aromatic nitrogens is 3. The molecule has 2 aliphatic rings. The summed E-state index contributed by atoms with van der Waals surface area (Å²) < 4.78 is 15.2. The highest BCUT2D eigenvalue weighted by Gasteiger charge is 2.55. The van der Waals surface area contributed by atoms with Gasteiger partial charge in [0.25, 0.3) is 5.56 Å². The standard InChI is InChI=1S/C21H20N4O4S/c1-4-24-11-12(10-22-24)9-15-18(26)25-17-13-7-5-6-8-14(13)29-21(2,23-20(25)30-15)16(17)19(27)28-3/h5-11,16-17H,4H2,1-3H3/b15-9-/t16-,17+,21+/m1/s1. The molecule has 0 fully saturated rings. The molecule has 9 heteroatoms. The molecule has 3 aromatic rings. The Bertz CT molecular complexity index is 1340. The quantitative estimate of drug-likeness (QED) is 0.587. The SMILES string of the molecule is CCn1cc(/C=c2\sc3n(c2=O)[C@H]2c4ccccc4O[C@](C)(N=3)[C@H]2C(=O)OC)cn1. The number of methoxy groups -OCH3 is 1. The molecule has 0 aliphatic carbocycles. The average Bonchev–Trinajstić information content (AvgIpc) is 3.30. The van der Waals surface area contributed by atoms with Crippen LogP contribution in [0.15, 0.2) is 46.4 Å². The molecule has 2 aliphatic heterocycles. The van der Waals surface area contributed by atoms with E-state index in [1.54, 1.807) is 28.4 Å². The lowest BCUT2D eigenvalue weighted by Gasteiger charge is -2.44. The highest BCUT2D eigenvalue weighted by Crippen LogP contribution is 2.47. The summed E-state index contributed by atoms with van der Waals surface area (Å²) in [6, 6.07) is 6.89. The predicted molar refractivity (Wildman–Crippen MR) is 110 cm³/mol. The van der Waals surface area contributed by atoms with E-state index in [4.69, 9.17) is 14.5 Å². The Morgan fingerprint density at radius 3 is 2.93 bits per heavy atom. The zero-order valence-corrected chi connectivity index (χ0v) is 17.5. The van der Waals surface area contributed by atoms with E-state index in [1.807, 2.05) is 37.4 Å². The summed E-state index contributed by atoms with van der Waals surface area (Å²) in [5.41, 5.74) is 0.254. The van der Waals surface area contributed by atoms with Crippen LogP contribution < -0.4 is 19.6 Å². The minimum Gasteiger partial charge on any atom is -0.469 e. The summed E-state index contributed by atoms with van der Waals surface area (Å²) in [7, 11) is 1.34. The number of hydrogen-bond donors (Lipinski definition) is 0. The van der Waals surface area contributed by atoms with Crippen molar-refractivity contribution in [1.82, 2.24) is 14.3 Å². The topological polar surface area (TPSA) is 87.7 Å². The van der Waals surface area contributed by atoms with Gasteiger partial charge >= 0.3 is 5.97 Å². The number of thiazole rings is 1. The maximum absolute atomic E-state index is 13.4. The van der Waals surface area contributed by atoms with Crippen LogP contribution in [0.2, 0.25) is 0 Å². The second-order valence-corrected chi connectivity index (χ2v) is 8.46. The third-order valence-electron chi connectivity index (χ3n) is 5.61. The summed E-state index contributed by atoms with van der Waals surface area (Å²) in [6.07, 6.45) is 5.41. The fourth-order valence-electron chi connectivity index (χ4n) is 4.21. The lowest BCUT2D eigenvalue weighted by molar-refractivity contribution is -0.158. The summed E-state index contributed by atoms with van der Waals surface area (Å²) in [5, 5.41) is 4.26. The fraction of sp³-hybridized carbons (Fsp3) is 0.333. The van der Waals surface area contributed by atoms with Crippen molar-refractivity contribution in [2.45, 2.75) is 32.2 Å². The van der Waals surface area contributed by atoms with Crippen molar-refractivity contribution in [1.29, 1.82) is 0 Å². The summed E-state index contributed by atoms with van der Waals surface area (Å²) >= 11 is 1.28.